The lowest BCUT2D eigenvalue weighted by Gasteiger charge is -2.36. The molecular formula is C22H19FN2O4. The van der Waals surface area contributed by atoms with Crippen molar-refractivity contribution in [1.29, 1.82) is 0 Å². The van der Waals surface area contributed by atoms with E-state index in [1.165, 1.54) is 13.0 Å². The third-order valence-corrected chi connectivity index (χ3v) is 5.13. The molecule has 0 atom stereocenters. The van der Waals surface area contributed by atoms with Crippen molar-refractivity contribution >= 4 is 28.3 Å². The fourth-order valence-electron chi connectivity index (χ4n) is 3.51. The number of carbonyl (C=O) groups excluding carboxylic acids is 2. The molecule has 0 unspecified atom stereocenters. The molecular weight excluding hydrogens is 375 g/mol. The number of rotatable bonds is 3. The molecule has 148 valence electrons. The molecule has 4 rings (SSSR count). The van der Waals surface area contributed by atoms with E-state index in [0.717, 1.165) is 0 Å². The number of fused-ring (bicyclic) bond motifs is 1. The maximum atomic E-state index is 14.4. The van der Waals surface area contributed by atoms with E-state index in [1.54, 1.807) is 47.4 Å². The lowest BCUT2D eigenvalue weighted by Crippen LogP contribution is -2.49. The first-order valence-electron chi connectivity index (χ1n) is 9.31. The first kappa shape index (κ1) is 18.9. The van der Waals surface area contributed by atoms with Gasteiger partial charge >= 0.3 is 5.63 Å². The quantitative estimate of drug-likeness (QED) is 0.504. The lowest BCUT2D eigenvalue weighted by atomic mass is 10.1. The lowest BCUT2D eigenvalue weighted by molar-refractivity contribution is 0.0742. The van der Waals surface area contributed by atoms with E-state index in [9.17, 15) is 18.8 Å². The molecule has 3 aromatic rings. The fourth-order valence-corrected chi connectivity index (χ4v) is 3.51. The molecule has 1 aromatic heterocycles. The first-order valence-corrected chi connectivity index (χ1v) is 9.31. The summed E-state index contributed by atoms with van der Waals surface area (Å²) in [7, 11) is 0. The van der Waals surface area contributed by atoms with Gasteiger partial charge < -0.3 is 14.2 Å². The Kier molecular flexibility index (Phi) is 4.88. The summed E-state index contributed by atoms with van der Waals surface area (Å²) in [6.45, 7) is 2.92. The van der Waals surface area contributed by atoms with Gasteiger partial charge in [-0.1, -0.05) is 18.2 Å². The predicted octanol–water partition coefficient (Wildman–Crippen LogP) is 3.10. The number of amides is 1. The van der Waals surface area contributed by atoms with Gasteiger partial charge in [-0.05, 0) is 37.3 Å². The predicted molar refractivity (Wildman–Crippen MR) is 107 cm³/mol. The number of anilines is 1. The second kappa shape index (κ2) is 7.50. The van der Waals surface area contributed by atoms with Crippen LogP contribution in [0, 0.1) is 5.82 Å². The van der Waals surface area contributed by atoms with E-state index >= 15 is 0 Å². The van der Waals surface area contributed by atoms with Crippen LogP contribution in [-0.2, 0) is 0 Å². The monoisotopic (exact) mass is 394 g/mol. The van der Waals surface area contributed by atoms with Crippen molar-refractivity contribution in [2.75, 3.05) is 31.1 Å². The molecule has 1 amide bonds. The van der Waals surface area contributed by atoms with Crippen LogP contribution in [0.3, 0.4) is 0 Å². The van der Waals surface area contributed by atoms with Gasteiger partial charge in [-0.2, -0.15) is 0 Å². The highest BCUT2D eigenvalue weighted by Crippen LogP contribution is 2.23. The van der Waals surface area contributed by atoms with Gasteiger partial charge in [0.15, 0.2) is 5.78 Å². The van der Waals surface area contributed by atoms with Gasteiger partial charge in [0.1, 0.15) is 17.0 Å². The van der Waals surface area contributed by atoms with Crippen LogP contribution in [0.15, 0.2) is 57.7 Å². The Morgan fingerprint density at radius 3 is 2.41 bits per heavy atom. The van der Waals surface area contributed by atoms with Crippen molar-refractivity contribution in [3.8, 4) is 0 Å². The molecule has 7 heteroatoms. The van der Waals surface area contributed by atoms with Crippen LogP contribution < -0.4 is 10.5 Å². The van der Waals surface area contributed by atoms with Crippen molar-refractivity contribution in [2.45, 2.75) is 6.92 Å². The van der Waals surface area contributed by atoms with E-state index in [4.69, 9.17) is 4.42 Å². The fraction of sp³-hybridized carbons (Fsp3) is 0.227. The summed E-state index contributed by atoms with van der Waals surface area (Å²) in [6.07, 6.45) is 0. The molecule has 29 heavy (non-hydrogen) atoms. The number of halogens is 1. The number of nitrogens with zero attached hydrogens (tertiary/aromatic N) is 2. The van der Waals surface area contributed by atoms with Crippen LogP contribution in [0.1, 0.15) is 27.6 Å². The molecule has 1 saturated heterocycles. The molecule has 2 aromatic carbocycles. The molecule has 1 fully saturated rings. The van der Waals surface area contributed by atoms with Crippen LogP contribution in [0.25, 0.3) is 11.0 Å². The van der Waals surface area contributed by atoms with Gasteiger partial charge in [-0.15, -0.1) is 0 Å². The topological polar surface area (TPSA) is 70.8 Å². The zero-order valence-electron chi connectivity index (χ0n) is 15.9. The number of carbonyl (C=O) groups is 2. The van der Waals surface area contributed by atoms with Crippen molar-refractivity contribution in [2.24, 2.45) is 0 Å². The average molecular weight is 394 g/mol. The number of benzene rings is 2. The summed E-state index contributed by atoms with van der Waals surface area (Å²) in [5.41, 5.74) is 0.481. The standard InChI is InChI=1S/C22H19FN2O4/c1-14(26)15-6-7-19(18(23)13-15)24-8-10-25(11-9-24)21(27)17-12-16-4-2-3-5-20(16)29-22(17)28/h2-7,12-13H,8-11H2,1H3. The van der Waals surface area contributed by atoms with Crippen LogP contribution in [0.2, 0.25) is 0 Å². The molecule has 0 spiro atoms. The minimum absolute atomic E-state index is 0.00542. The summed E-state index contributed by atoms with van der Waals surface area (Å²) in [4.78, 5) is 39.8. The van der Waals surface area contributed by atoms with Crippen LogP contribution >= 0.6 is 0 Å². The Bertz CT molecular complexity index is 1160. The Hall–Kier alpha value is -3.48. The summed E-state index contributed by atoms with van der Waals surface area (Å²) in [6, 6.07) is 13.0. The zero-order chi connectivity index (χ0) is 20.5. The highest BCUT2D eigenvalue weighted by Gasteiger charge is 2.26. The van der Waals surface area contributed by atoms with Gasteiger partial charge in [-0.25, -0.2) is 9.18 Å². The van der Waals surface area contributed by atoms with E-state index in [1.807, 2.05) is 4.90 Å². The Labute approximate surface area is 166 Å². The van der Waals surface area contributed by atoms with Crippen molar-refractivity contribution in [1.82, 2.24) is 4.90 Å². The summed E-state index contributed by atoms with van der Waals surface area (Å²) < 4.78 is 19.6. The van der Waals surface area contributed by atoms with E-state index in [2.05, 4.69) is 0 Å². The third-order valence-electron chi connectivity index (χ3n) is 5.13. The molecule has 1 aliphatic heterocycles. The van der Waals surface area contributed by atoms with Crippen LogP contribution in [0.4, 0.5) is 10.1 Å². The molecule has 6 nitrogen and oxygen atoms in total. The number of hydrogen-bond acceptors (Lipinski definition) is 5. The third kappa shape index (κ3) is 3.63. The Balaban J connectivity index is 1.50. The Morgan fingerprint density at radius 2 is 1.72 bits per heavy atom. The maximum absolute atomic E-state index is 14.4. The molecule has 0 bridgehead atoms. The van der Waals surface area contributed by atoms with Crippen molar-refractivity contribution in [3.05, 3.63) is 75.9 Å². The summed E-state index contributed by atoms with van der Waals surface area (Å²) in [5.74, 6) is -1.05. The zero-order valence-corrected chi connectivity index (χ0v) is 15.9. The number of hydrogen-bond donors (Lipinski definition) is 0. The first-order chi connectivity index (χ1) is 13.9. The van der Waals surface area contributed by atoms with Crippen LogP contribution in [0.5, 0.6) is 0 Å². The van der Waals surface area contributed by atoms with Crippen LogP contribution in [-0.4, -0.2) is 42.8 Å². The Morgan fingerprint density at radius 1 is 1.00 bits per heavy atom. The minimum Gasteiger partial charge on any atom is -0.422 e. The summed E-state index contributed by atoms with van der Waals surface area (Å²) in [5, 5.41) is 0.682. The second-order valence-electron chi connectivity index (χ2n) is 6.99. The molecule has 0 aliphatic carbocycles. The minimum atomic E-state index is -0.665. The van der Waals surface area contributed by atoms with Crippen molar-refractivity contribution in [3.63, 3.8) is 0 Å². The number of ketones is 1. The smallest absolute Gasteiger partial charge is 0.349 e. The molecule has 0 radical (unpaired) electrons. The van der Waals surface area contributed by atoms with Gasteiger partial charge in [0.2, 0.25) is 0 Å². The summed E-state index contributed by atoms with van der Waals surface area (Å²) >= 11 is 0. The second-order valence-corrected chi connectivity index (χ2v) is 6.99. The molecule has 0 saturated carbocycles. The highest BCUT2D eigenvalue weighted by atomic mass is 19.1. The van der Waals surface area contributed by atoms with Gasteiger partial charge in [-0.3, -0.25) is 9.59 Å². The van der Waals surface area contributed by atoms with E-state index < -0.39 is 17.3 Å². The van der Waals surface area contributed by atoms with E-state index in [-0.39, 0.29) is 11.3 Å². The molecule has 1 aliphatic rings. The largest absolute Gasteiger partial charge is 0.422 e. The average Bonchev–Trinajstić information content (AvgIpc) is 2.73. The van der Waals surface area contributed by atoms with Gasteiger partial charge in [0.05, 0.1) is 5.69 Å². The number of Topliss-reactive ketones (excluding diaryl/α,β-unsaturated/α-hetero) is 1. The number of para-hydroxylation sites is 1. The van der Waals surface area contributed by atoms with Crippen molar-refractivity contribution < 1.29 is 18.4 Å². The van der Waals surface area contributed by atoms with Gasteiger partial charge in [0.25, 0.3) is 5.91 Å². The number of piperazine rings is 1. The molecule has 0 N–H and O–H groups in total. The highest BCUT2D eigenvalue weighted by molar-refractivity contribution is 5.97. The van der Waals surface area contributed by atoms with Gasteiger partial charge in [0, 0.05) is 37.1 Å². The SMILES string of the molecule is CC(=O)c1ccc(N2CCN(C(=O)c3cc4ccccc4oc3=O)CC2)c(F)c1. The maximum Gasteiger partial charge on any atom is 0.349 e. The molecule has 2 heterocycles. The van der Waals surface area contributed by atoms with E-state index in [0.29, 0.717) is 48.4 Å². The normalized spacial score (nSPS) is 14.3.